The highest BCUT2D eigenvalue weighted by molar-refractivity contribution is 5.57. The standard InChI is InChI=1S/C31H38F2N2O6/c1-38-13-2-12-35-26-16-21(4-11-27(26)36)20-41-30-19-34-18-28(37)31(30)22-5-8-24(9-6-22)39-14-3-15-40-29-17-23(32)7-10-25(29)33/h4-11,16-17,28,30-31,34-37H,2-3,12-15,18-20H2,1H3/t28-,30?,31+/m1/s1. The van der Waals surface area contributed by atoms with Crippen molar-refractivity contribution in [2.45, 2.75) is 37.6 Å². The molecule has 0 bridgehead atoms. The first-order valence-corrected chi connectivity index (χ1v) is 13.8. The Kier molecular flexibility index (Phi) is 11.6. The number of nitrogens with one attached hydrogen (secondary N) is 2. The monoisotopic (exact) mass is 572 g/mol. The van der Waals surface area contributed by atoms with E-state index in [-0.39, 0.29) is 30.1 Å². The van der Waals surface area contributed by atoms with Crippen molar-refractivity contribution >= 4 is 5.69 Å². The largest absolute Gasteiger partial charge is 0.506 e. The molecule has 10 heteroatoms. The number of halogens is 2. The molecule has 41 heavy (non-hydrogen) atoms. The van der Waals surface area contributed by atoms with Crippen LogP contribution in [0, 0.1) is 11.6 Å². The van der Waals surface area contributed by atoms with Crippen LogP contribution in [0.4, 0.5) is 14.5 Å². The van der Waals surface area contributed by atoms with E-state index < -0.39 is 17.7 Å². The highest BCUT2D eigenvalue weighted by Gasteiger charge is 2.34. The van der Waals surface area contributed by atoms with Gasteiger partial charge in [0.05, 0.1) is 37.7 Å². The second-order valence-electron chi connectivity index (χ2n) is 9.92. The number of aliphatic hydroxyl groups excluding tert-OH is 1. The summed E-state index contributed by atoms with van der Waals surface area (Å²) in [6.07, 6.45) is 0.416. The van der Waals surface area contributed by atoms with Crippen LogP contribution >= 0.6 is 0 Å². The fourth-order valence-electron chi connectivity index (χ4n) is 4.74. The van der Waals surface area contributed by atoms with Crippen LogP contribution in [0.5, 0.6) is 17.2 Å². The molecule has 8 nitrogen and oxygen atoms in total. The summed E-state index contributed by atoms with van der Waals surface area (Å²) in [5.41, 5.74) is 2.49. The number of hydrogen-bond acceptors (Lipinski definition) is 8. The lowest BCUT2D eigenvalue weighted by molar-refractivity contribution is -0.0328. The van der Waals surface area contributed by atoms with Crippen molar-refractivity contribution in [1.29, 1.82) is 0 Å². The van der Waals surface area contributed by atoms with E-state index in [9.17, 15) is 19.0 Å². The Morgan fingerprint density at radius 1 is 0.927 bits per heavy atom. The zero-order chi connectivity index (χ0) is 29.0. The van der Waals surface area contributed by atoms with Gasteiger partial charge in [0.1, 0.15) is 17.3 Å². The van der Waals surface area contributed by atoms with Gasteiger partial charge in [-0.25, -0.2) is 8.78 Å². The van der Waals surface area contributed by atoms with Gasteiger partial charge in [0.15, 0.2) is 11.6 Å². The van der Waals surface area contributed by atoms with E-state index in [0.29, 0.717) is 57.3 Å². The molecule has 3 aromatic carbocycles. The van der Waals surface area contributed by atoms with Gasteiger partial charge in [-0.1, -0.05) is 18.2 Å². The molecule has 4 rings (SSSR count). The summed E-state index contributed by atoms with van der Waals surface area (Å²) >= 11 is 0. The van der Waals surface area contributed by atoms with Gasteiger partial charge in [-0.2, -0.15) is 0 Å². The molecule has 0 aliphatic carbocycles. The van der Waals surface area contributed by atoms with Gasteiger partial charge in [-0.3, -0.25) is 0 Å². The average Bonchev–Trinajstić information content (AvgIpc) is 2.97. The highest BCUT2D eigenvalue weighted by Crippen LogP contribution is 2.31. The number of aliphatic hydroxyl groups is 1. The van der Waals surface area contributed by atoms with Crippen LogP contribution < -0.4 is 20.1 Å². The number of piperidine rings is 1. The second kappa shape index (κ2) is 15.5. The first-order valence-electron chi connectivity index (χ1n) is 13.8. The molecule has 0 amide bonds. The number of rotatable bonds is 15. The van der Waals surface area contributed by atoms with Crippen molar-refractivity contribution in [1.82, 2.24) is 5.32 Å². The predicted octanol–water partition coefficient (Wildman–Crippen LogP) is 4.60. The number of anilines is 1. The molecule has 0 aromatic heterocycles. The van der Waals surface area contributed by atoms with Crippen LogP contribution in [0.25, 0.3) is 0 Å². The maximum Gasteiger partial charge on any atom is 0.165 e. The first-order chi connectivity index (χ1) is 19.9. The number of aromatic hydroxyl groups is 1. The molecule has 1 unspecified atom stereocenters. The van der Waals surface area contributed by atoms with Gasteiger partial charge in [-0.05, 0) is 53.9 Å². The molecule has 1 saturated heterocycles. The number of methoxy groups -OCH3 is 1. The molecular formula is C31H38F2N2O6. The summed E-state index contributed by atoms with van der Waals surface area (Å²) in [5, 5.41) is 27.5. The molecule has 0 saturated carbocycles. The summed E-state index contributed by atoms with van der Waals surface area (Å²) in [5.74, 6) is -0.685. The van der Waals surface area contributed by atoms with Gasteiger partial charge in [-0.15, -0.1) is 0 Å². The normalized spacial score (nSPS) is 18.7. The van der Waals surface area contributed by atoms with Crippen LogP contribution in [0.15, 0.2) is 60.7 Å². The topological polar surface area (TPSA) is 101 Å². The van der Waals surface area contributed by atoms with E-state index >= 15 is 0 Å². The van der Waals surface area contributed by atoms with E-state index in [0.717, 1.165) is 35.7 Å². The van der Waals surface area contributed by atoms with Crippen LogP contribution in [0.2, 0.25) is 0 Å². The predicted molar refractivity (Wildman–Crippen MR) is 152 cm³/mol. The van der Waals surface area contributed by atoms with E-state index in [1.54, 1.807) is 13.2 Å². The van der Waals surface area contributed by atoms with Gasteiger partial charge in [0.25, 0.3) is 0 Å². The molecule has 0 spiro atoms. The highest BCUT2D eigenvalue weighted by atomic mass is 19.1. The van der Waals surface area contributed by atoms with Crippen molar-refractivity contribution in [2.75, 3.05) is 51.9 Å². The zero-order valence-corrected chi connectivity index (χ0v) is 23.2. The third-order valence-corrected chi connectivity index (χ3v) is 6.85. The molecule has 1 fully saturated rings. The summed E-state index contributed by atoms with van der Waals surface area (Å²) in [4.78, 5) is 0. The Bertz CT molecular complexity index is 1230. The van der Waals surface area contributed by atoms with Crippen LogP contribution in [0.3, 0.4) is 0 Å². The number of phenolic OH excluding ortho intramolecular Hbond substituents is 1. The van der Waals surface area contributed by atoms with Crippen LogP contribution in [-0.4, -0.2) is 69.0 Å². The molecule has 3 aromatic rings. The van der Waals surface area contributed by atoms with Gasteiger partial charge in [0.2, 0.25) is 0 Å². The van der Waals surface area contributed by atoms with E-state index in [1.807, 2.05) is 36.4 Å². The maximum atomic E-state index is 13.6. The molecule has 4 N–H and O–H groups in total. The summed E-state index contributed by atoms with van der Waals surface area (Å²) in [6, 6.07) is 16.0. The van der Waals surface area contributed by atoms with Crippen molar-refractivity contribution < 1.29 is 37.9 Å². The SMILES string of the molecule is COCCCNc1cc(COC2CNC[C@@H](O)[C@@H]2c2ccc(OCCCOc3cc(F)ccc3F)cc2)ccc1O. The Labute approximate surface area is 239 Å². The van der Waals surface area contributed by atoms with Crippen molar-refractivity contribution in [2.24, 2.45) is 0 Å². The van der Waals surface area contributed by atoms with Gasteiger partial charge >= 0.3 is 0 Å². The first kappa shape index (κ1) is 30.5. The fourth-order valence-corrected chi connectivity index (χ4v) is 4.74. The molecule has 222 valence electrons. The van der Waals surface area contributed by atoms with E-state index in [2.05, 4.69) is 10.6 Å². The molecule has 0 radical (unpaired) electrons. The smallest absolute Gasteiger partial charge is 0.165 e. The fraction of sp³-hybridized carbons (Fsp3) is 0.419. The second-order valence-corrected chi connectivity index (χ2v) is 9.92. The number of β-amino-alcohol motifs (C(OH)–C–C–N with tert-alkyl or cyclic N) is 1. The number of ether oxygens (including phenoxy) is 4. The summed E-state index contributed by atoms with van der Waals surface area (Å²) < 4.78 is 49.3. The van der Waals surface area contributed by atoms with Crippen molar-refractivity contribution in [3.8, 4) is 17.2 Å². The van der Waals surface area contributed by atoms with Crippen LogP contribution in [-0.2, 0) is 16.1 Å². The summed E-state index contributed by atoms with van der Waals surface area (Å²) in [6.45, 7) is 3.21. The minimum atomic E-state index is -0.626. The molecule has 3 atom stereocenters. The van der Waals surface area contributed by atoms with E-state index in [4.69, 9.17) is 18.9 Å². The Morgan fingerprint density at radius 3 is 2.54 bits per heavy atom. The van der Waals surface area contributed by atoms with Gasteiger partial charge in [0, 0.05) is 51.8 Å². The lowest BCUT2D eigenvalue weighted by atomic mass is 9.85. The number of benzene rings is 3. The molecule has 1 heterocycles. The van der Waals surface area contributed by atoms with Crippen molar-refractivity contribution in [3.63, 3.8) is 0 Å². The minimum absolute atomic E-state index is 0.118. The molecule has 1 aliphatic rings. The minimum Gasteiger partial charge on any atom is -0.506 e. The summed E-state index contributed by atoms with van der Waals surface area (Å²) in [7, 11) is 1.66. The average molecular weight is 573 g/mol. The quantitative estimate of drug-likeness (QED) is 0.155. The van der Waals surface area contributed by atoms with E-state index in [1.165, 1.54) is 0 Å². The lowest BCUT2D eigenvalue weighted by Crippen LogP contribution is -2.49. The third kappa shape index (κ3) is 9.02. The van der Waals surface area contributed by atoms with Gasteiger partial charge < -0.3 is 39.8 Å². The Morgan fingerprint density at radius 2 is 1.73 bits per heavy atom. The maximum absolute atomic E-state index is 13.6. The Hall–Kier alpha value is -3.44. The molecule has 1 aliphatic heterocycles. The Balaban J connectivity index is 1.28. The third-order valence-electron chi connectivity index (χ3n) is 6.85. The van der Waals surface area contributed by atoms with Crippen molar-refractivity contribution in [3.05, 3.63) is 83.4 Å². The lowest BCUT2D eigenvalue weighted by Gasteiger charge is -2.36. The number of phenols is 1. The molecular weight excluding hydrogens is 534 g/mol. The number of hydrogen-bond donors (Lipinski definition) is 4. The van der Waals surface area contributed by atoms with Crippen LogP contribution in [0.1, 0.15) is 29.9 Å². The zero-order valence-electron chi connectivity index (χ0n) is 23.2.